The number of ether oxygens (including phenoxy) is 1. The van der Waals surface area contributed by atoms with Gasteiger partial charge in [0.2, 0.25) is 0 Å². The Bertz CT molecular complexity index is 520. The van der Waals surface area contributed by atoms with E-state index in [1.807, 2.05) is 5.38 Å². The molecule has 0 spiro atoms. The predicted molar refractivity (Wildman–Crippen MR) is 70.1 cm³/mol. The number of halogens is 3. The van der Waals surface area contributed by atoms with Crippen molar-refractivity contribution in [1.82, 2.24) is 4.98 Å². The van der Waals surface area contributed by atoms with E-state index in [1.54, 1.807) is 12.1 Å². The molecule has 0 aliphatic rings. The maximum absolute atomic E-state index is 13.0. The molecule has 0 saturated heterocycles. The van der Waals surface area contributed by atoms with E-state index in [4.69, 9.17) is 16.3 Å². The van der Waals surface area contributed by atoms with Gasteiger partial charge in [-0.05, 0) is 34.1 Å². The van der Waals surface area contributed by atoms with Crippen LogP contribution in [0.15, 0.2) is 28.1 Å². The lowest BCUT2D eigenvalue weighted by Gasteiger charge is -2.04. The summed E-state index contributed by atoms with van der Waals surface area (Å²) in [5, 5.41) is 2.74. The Hall–Kier alpha value is -0.650. The fraction of sp³-hybridized carbons (Fsp3) is 0.182. The summed E-state index contributed by atoms with van der Waals surface area (Å²) in [7, 11) is 0. The van der Waals surface area contributed by atoms with Crippen molar-refractivity contribution in [3.05, 3.63) is 44.6 Å². The van der Waals surface area contributed by atoms with Crippen LogP contribution in [0.25, 0.3) is 0 Å². The number of hydrogen-bond donors (Lipinski definition) is 0. The Morgan fingerprint density at radius 3 is 2.94 bits per heavy atom. The number of thiazole rings is 1. The van der Waals surface area contributed by atoms with Crippen LogP contribution in [0.5, 0.6) is 5.75 Å². The van der Waals surface area contributed by atoms with Crippen LogP contribution in [0, 0.1) is 5.82 Å². The average molecular weight is 337 g/mol. The highest BCUT2D eigenvalue weighted by atomic mass is 79.9. The van der Waals surface area contributed by atoms with Gasteiger partial charge in [-0.3, -0.25) is 0 Å². The Morgan fingerprint density at radius 2 is 2.29 bits per heavy atom. The molecule has 17 heavy (non-hydrogen) atoms. The molecule has 6 heteroatoms. The van der Waals surface area contributed by atoms with Crippen molar-refractivity contribution in [2.24, 2.45) is 0 Å². The average Bonchev–Trinajstić information content (AvgIpc) is 2.79. The molecule has 0 bridgehead atoms. The van der Waals surface area contributed by atoms with Crippen LogP contribution in [0.2, 0.25) is 0 Å². The van der Waals surface area contributed by atoms with Crippen molar-refractivity contribution in [2.75, 3.05) is 0 Å². The minimum absolute atomic E-state index is 0.309. The lowest BCUT2D eigenvalue weighted by molar-refractivity contribution is 0.304. The third-order valence-corrected chi connectivity index (χ3v) is 3.74. The number of rotatable bonds is 4. The molecule has 1 aromatic carbocycles. The van der Waals surface area contributed by atoms with E-state index in [2.05, 4.69) is 20.9 Å². The molecule has 2 nitrogen and oxygen atoms in total. The second-order valence-electron chi connectivity index (χ2n) is 3.23. The van der Waals surface area contributed by atoms with Crippen LogP contribution in [-0.2, 0) is 12.5 Å². The zero-order chi connectivity index (χ0) is 12.3. The summed E-state index contributed by atoms with van der Waals surface area (Å²) in [4.78, 5) is 4.26. The maximum Gasteiger partial charge on any atom is 0.140 e. The molecule has 1 aromatic heterocycles. The highest BCUT2D eigenvalue weighted by Crippen LogP contribution is 2.23. The van der Waals surface area contributed by atoms with E-state index in [0.29, 0.717) is 22.7 Å². The standard InChI is InChI=1S/C11H8BrClFNOS/c12-9-3-8(1-2-10(9)14)16-5-11-15-7(4-13)6-17-11/h1-3,6H,4-5H2. The van der Waals surface area contributed by atoms with Crippen LogP contribution >= 0.6 is 38.9 Å². The summed E-state index contributed by atoms with van der Waals surface area (Å²) in [6.07, 6.45) is 0. The molecule has 0 radical (unpaired) electrons. The molecule has 1 heterocycles. The van der Waals surface area contributed by atoms with Crippen LogP contribution in [0.1, 0.15) is 10.7 Å². The quantitative estimate of drug-likeness (QED) is 0.774. The van der Waals surface area contributed by atoms with Gasteiger partial charge in [0, 0.05) is 5.38 Å². The first-order chi connectivity index (χ1) is 8.19. The summed E-state index contributed by atoms with van der Waals surface area (Å²) in [5.74, 6) is 0.690. The molecule has 0 amide bonds. The van der Waals surface area contributed by atoms with Crippen LogP contribution < -0.4 is 4.74 Å². The molecule has 90 valence electrons. The van der Waals surface area contributed by atoms with Crippen molar-refractivity contribution >= 4 is 38.9 Å². The van der Waals surface area contributed by atoms with Crippen LogP contribution in [-0.4, -0.2) is 4.98 Å². The molecule has 2 aromatic rings. The zero-order valence-electron chi connectivity index (χ0n) is 8.62. The molecule has 0 fully saturated rings. The highest BCUT2D eigenvalue weighted by Gasteiger charge is 2.04. The molecule has 0 unspecified atom stereocenters. The third-order valence-electron chi connectivity index (χ3n) is 1.99. The van der Waals surface area contributed by atoms with E-state index < -0.39 is 0 Å². The minimum Gasteiger partial charge on any atom is -0.486 e. The van der Waals surface area contributed by atoms with Crippen LogP contribution in [0.4, 0.5) is 4.39 Å². The Kier molecular flexibility index (Phi) is 4.36. The van der Waals surface area contributed by atoms with Crippen molar-refractivity contribution in [3.8, 4) is 5.75 Å². The third kappa shape index (κ3) is 3.40. The van der Waals surface area contributed by atoms with Gasteiger partial charge >= 0.3 is 0 Å². The molecule has 0 aliphatic carbocycles. The first kappa shape index (κ1) is 12.8. The summed E-state index contributed by atoms with van der Waals surface area (Å²) in [5.41, 5.74) is 0.843. The number of hydrogen-bond acceptors (Lipinski definition) is 3. The molecule has 0 N–H and O–H groups in total. The molecule has 0 saturated carbocycles. The van der Waals surface area contributed by atoms with E-state index >= 15 is 0 Å². The van der Waals surface area contributed by atoms with E-state index in [-0.39, 0.29) is 5.82 Å². The van der Waals surface area contributed by atoms with E-state index in [1.165, 1.54) is 17.4 Å². The highest BCUT2D eigenvalue weighted by molar-refractivity contribution is 9.10. The molecule has 0 aliphatic heterocycles. The normalized spacial score (nSPS) is 10.5. The van der Waals surface area contributed by atoms with Gasteiger partial charge in [-0.2, -0.15) is 0 Å². The Labute approximate surface area is 116 Å². The summed E-state index contributed by atoms with van der Waals surface area (Å²) < 4.78 is 18.9. The summed E-state index contributed by atoms with van der Waals surface area (Å²) in [6.45, 7) is 0.361. The molecular weight excluding hydrogens is 329 g/mol. The fourth-order valence-electron chi connectivity index (χ4n) is 1.19. The monoisotopic (exact) mass is 335 g/mol. The Morgan fingerprint density at radius 1 is 1.47 bits per heavy atom. The van der Waals surface area contributed by atoms with E-state index in [0.717, 1.165) is 10.7 Å². The first-order valence-corrected chi connectivity index (χ1v) is 6.97. The van der Waals surface area contributed by atoms with Crippen molar-refractivity contribution < 1.29 is 9.13 Å². The molecular formula is C11H8BrClFNOS. The minimum atomic E-state index is -0.309. The van der Waals surface area contributed by atoms with Gasteiger partial charge in [-0.25, -0.2) is 9.37 Å². The predicted octanol–water partition coefficient (Wildman–Crippen LogP) is 4.36. The lowest BCUT2D eigenvalue weighted by Crippen LogP contribution is -1.95. The maximum atomic E-state index is 13.0. The van der Waals surface area contributed by atoms with E-state index in [9.17, 15) is 4.39 Å². The number of alkyl halides is 1. The smallest absolute Gasteiger partial charge is 0.140 e. The second kappa shape index (κ2) is 5.80. The summed E-state index contributed by atoms with van der Waals surface area (Å²) in [6, 6.07) is 4.52. The van der Waals surface area contributed by atoms with Crippen molar-refractivity contribution in [2.45, 2.75) is 12.5 Å². The number of benzene rings is 1. The topological polar surface area (TPSA) is 22.1 Å². The van der Waals surface area contributed by atoms with Crippen molar-refractivity contribution in [1.29, 1.82) is 0 Å². The zero-order valence-corrected chi connectivity index (χ0v) is 11.8. The first-order valence-electron chi connectivity index (χ1n) is 4.76. The van der Waals surface area contributed by atoms with Crippen LogP contribution in [0.3, 0.4) is 0 Å². The van der Waals surface area contributed by atoms with Crippen molar-refractivity contribution in [3.63, 3.8) is 0 Å². The van der Waals surface area contributed by atoms with Gasteiger partial charge in [0.05, 0.1) is 16.0 Å². The number of aromatic nitrogens is 1. The van der Waals surface area contributed by atoms with Gasteiger partial charge in [0.15, 0.2) is 0 Å². The number of nitrogens with zero attached hydrogens (tertiary/aromatic N) is 1. The van der Waals surface area contributed by atoms with Gasteiger partial charge in [-0.15, -0.1) is 22.9 Å². The summed E-state index contributed by atoms with van der Waals surface area (Å²) >= 11 is 10.2. The van der Waals surface area contributed by atoms with Gasteiger partial charge in [-0.1, -0.05) is 0 Å². The fourth-order valence-corrected chi connectivity index (χ4v) is 2.48. The molecule has 0 atom stereocenters. The molecule has 2 rings (SSSR count). The largest absolute Gasteiger partial charge is 0.486 e. The van der Waals surface area contributed by atoms with Gasteiger partial charge in [0.1, 0.15) is 23.2 Å². The SMILES string of the molecule is Fc1ccc(OCc2nc(CCl)cs2)cc1Br. The van der Waals surface area contributed by atoms with Gasteiger partial charge in [0.25, 0.3) is 0 Å². The van der Waals surface area contributed by atoms with Gasteiger partial charge < -0.3 is 4.74 Å². The lowest BCUT2D eigenvalue weighted by atomic mass is 10.3. The second-order valence-corrected chi connectivity index (χ2v) is 5.30. The Balaban J connectivity index is 1.99.